The standard InChI is InChI=1S/C16H26N2OS/c1-15(2)9-11(16(3,4)19-15)14(18-17)13-8-10-6-5-7-12(10)20-13/h8,11,14,18H,5-7,9,17H2,1-4H3. The molecule has 20 heavy (non-hydrogen) atoms. The molecule has 0 radical (unpaired) electrons. The van der Waals surface area contributed by atoms with Gasteiger partial charge in [-0.1, -0.05) is 0 Å². The molecule has 1 aromatic heterocycles. The molecule has 3 N–H and O–H groups in total. The lowest BCUT2D eigenvalue weighted by Crippen LogP contribution is -2.40. The van der Waals surface area contributed by atoms with Crippen LogP contribution in [0.2, 0.25) is 0 Å². The topological polar surface area (TPSA) is 47.3 Å². The second kappa shape index (κ2) is 4.80. The number of fused-ring (bicyclic) bond motifs is 1. The van der Waals surface area contributed by atoms with Gasteiger partial charge in [0, 0.05) is 15.7 Å². The van der Waals surface area contributed by atoms with Crippen LogP contribution in [-0.2, 0) is 17.6 Å². The van der Waals surface area contributed by atoms with E-state index in [0.29, 0.717) is 5.92 Å². The predicted molar refractivity (Wildman–Crippen MR) is 83.8 cm³/mol. The van der Waals surface area contributed by atoms with E-state index in [4.69, 9.17) is 10.6 Å². The van der Waals surface area contributed by atoms with E-state index in [1.54, 1.807) is 10.4 Å². The van der Waals surface area contributed by atoms with Crippen LogP contribution in [0, 0.1) is 5.92 Å². The van der Waals surface area contributed by atoms with Gasteiger partial charge in [0.25, 0.3) is 0 Å². The van der Waals surface area contributed by atoms with Crippen LogP contribution in [-0.4, -0.2) is 11.2 Å². The van der Waals surface area contributed by atoms with Crippen molar-refractivity contribution in [3.05, 3.63) is 21.4 Å². The monoisotopic (exact) mass is 294 g/mol. The maximum absolute atomic E-state index is 6.24. The number of thiophene rings is 1. The second-order valence-electron chi connectivity index (χ2n) is 7.37. The summed E-state index contributed by atoms with van der Waals surface area (Å²) in [6.07, 6.45) is 4.83. The number of aryl methyl sites for hydroxylation is 2. The van der Waals surface area contributed by atoms with Crippen molar-refractivity contribution in [3.8, 4) is 0 Å². The minimum Gasteiger partial charge on any atom is -0.369 e. The maximum atomic E-state index is 6.24. The molecule has 2 unspecified atom stereocenters. The summed E-state index contributed by atoms with van der Waals surface area (Å²) in [6.45, 7) is 8.74. The molecule has 3 rings (SSSR count). The highest BCUT2D eigenvalue weighted by Crippen LogP contribution is 2.49. The zero-order valence-electron chi connectivity index (χ0n) is 13.0. The van der Waals surface area contributed by atoms with Gasteiger partial charge in [0.05, 0.1) is 17.2 Å². The fourth-order valence-electron chi connectivity index (χ4n) is 4.03. The maximum Gasteiger partial charge on any atom is 0.0681 e. The Morgan fingerprint density at radius 3 is 2.65 bits per heavy atom. The third kappa shape index (κ3) is 2.43. The molecule has 112 valence electrons. The van der Waals surface area contributed by atoms with Crippen molar-refractivity contribution in [3.63, 3.8) is 0 Å². The molecule has 3 nitrogen and oxygen atoms in total. The van der Waals surface area contributed by atoms with Gasteiger partial charge in [0.15, 0.2) is 0 Å². The molecule has 0 amide bonds. The Labute approximate surface area is 125 Å². The summed E-state index contributed by atoms with van der Waals surface area (Å²) in [5, 5.41) is 0. The molecule has 1 aromatic rings. The molecule has 1 saturated heterocycles. The molecular formula is C16H26N2OS. The Bertz CT molecular complexity index is 485. The largest absolute Gasteiger partial charge is 0.369 e. The quantitative estimate of drug-likeness (QED) is 0.664. The van der Waals surface area contributed by atoms with Crippen LogP contribution >= 0.6 is 11.3 Å². The van der Waals surface area contributed by atoms with E-state index in [2.05, 4.69) is 39.2 Å². The van der Waals surface area contributed by atoms with Gasteiger partial charge in [-0.25, -0.2) is 0 Å². The van der Waals surface area contributed by atoms with Crippen molar-refractivity contribution in [2.24, 2.45) is 11.8 Å². The van der Waals surface area contributed by atoms with E-state index in [0.717, 1.165) is 6.42 Å². The molecule has 1 aliphatic heterocycles. The summed E-state index contributed by atoms with van der Waals surface area (Å²) in [6, 6.07) is 2.57. The third-order valence-electron chi connectivity index (χ3n) is 4.80. The van der Waals surface area contributed by atoms with Gasteiger partial charge in [0.2, 0.25) is 0 Å². The zero-order valence-corrected chi connectivity index (χ0v) is 13.8. The molecule has 2 atom stereocenters. The number of hydrogen-bond donors (Lipinski definition) is 2. The Hall–Kier alpha value is -0.420. The molecule has 2 aliphatic rings. The minimum atomic E-state index is -0.144. The molecular weight excluding hydrogens is 268 g/mol. The lowest BCUT2D eigenvalue weighted by Gasteiger charge is -2.32. The molecule has 4 heteroatoms. The molecule has 2 heterocycles. The van der Waals surface area contributed by atoms with Crippen LogP contribution < -0.4 is 11.3 Å². The van der Waals surface area contributed by atoms with Crippen LogP contribution in [0.5, 0.6) is 0 Å². The predicted octanol–water partition coefficient (Wildman–Crippen LogP) is 3.33. The van der Waals surface area contributed by atoms with Crippen molar-refractivity contribution in [2.45, 2.75) is 70.6 Å². The third-order valence-corrected chi connectivity index (χ3v) is 6.12. The van der Waals surface area contributed by atoms with Gasteiger partial charge < -0.3 is 4.74 Å². The first-order valence-corrected chi connectivity index (χ1v) is 8.42. The highest BCUT2D eigenvalue weighted by atomic mass is 32.1. The highest BCUT2D eigenvalue weighted by molar-refractivity contribution is 7.12. The van der Waals surface area contributed by atoms with E-state index < -0.39 is 0 Å². The second-order valence-corrected chi connectivity index (χ2v) is 8.54. The Morgan fingerprint density at radius 1 is 1.35 bits per heavy atom. The van der Waals surface area contributed by atoms with Crippen molar-refractivity contribution in [1.29, 1.82) is 0 Å². The lowest BCUT2D eigenvalue weighted by molar-refractivity contribution is -0.0777. The van der Waals surface area contributed by atoms with Crippen molar-refractivity contribution < 1.29 is 4.74 Å². The average molecular weight is 294 g/mol. The zero-order chi connectivity index (χ0) is 14.5. The summed E-state index contributed by atoms with van der Waals surface area (Å²) in [5.41, 5.74) is 4.41. The molecule has 0 spiro atoms. The lowest BCUT2D eigenvalue weighted by atomic mass is 9.81. The van der Waals surface area contributed by atoms with Crippen molar-refractivity contribution in [1.82, 2.24) is 5.43 Å². The van der Waals surface area contributed by atoms with Gasteiger partial charge in [0.1, 0.15) is 0 Å². The van der Waals surface area contributed by atoms with Crippen LogP contribution in [0.3, 0.4) is 0 Å². The minimum absolute atomic E-state index is 0.0662. The molecule has 1 fully saturated rings. The number of nitrogens with two attached hydrogens (primary N) is 1. The van der Waals surface area contributed by atoms with Crippen molar-refractivity contribution in [2.75, 3.05) is 0 Å². The fraction of sp³-hybridized carbons (Fsp3) is 0.750. The summed E-state index contributed by atoms with van der Waals surface area (Å²) >= 11 is 1.94. The van der Waals surface area contributed by atoms with E-state index >= 15 is 0 Å². The normalized spacial score (nSPS) is 28.6. The number of nitrogens with one attached hydrogen (secondary N) is 1. The van der Waals surface area contributed by atoms with Crippen LogP contribution in [0.15, 0.2) is 6.07 Å². The number of hydrogen-bond acceptors (Lipinski definition) is 4. The van der Waals surface area contributed by atoms with Gasteiger partial charge >= 0.3 is 0 Å². The first-order valence-electron chi connectivity index (χ1n) is 7.60. The average Bonchev–Trinajstić information content (AvgIpc) is 2.91. The van der Waals surface area contributed by atoms with Crippen molar-refractivity contribution >= 4 is 11.3 Å². The molecule has 0 bridgehead atoms. The van der Waals surface area contributed by atoms with E-state index in [-0.39, 0.29) is 17.2 Å². The van der Waals surface area contributed by atoms with Crippen LogP contribution in [0.25, 0.3) is 0 Å². The van der Waals surface area contributed by atoms with E-state index in [1.807, 2.05) is 11.3 Å². The van der Waals surface area contributed by atoms with E-state index in [9.17, 15) is 0 Å². The first kappa shape index (κ1) is 14.5. The van der Waals surface area contributed by atoms with Gasteiger partial charge in [-0.2, -0.15) is 0 Å². The Morgan fingerprint density at radius 2 is 2.10 bits per heavy atom. The summed E-state index contributed by atoms with van der Waals surface area (Å²) in [5.74, 6) is 6.32. The van der Waals surface area contributed by atoms with Gasteiger partial charge in [-0.05, 0) is 65.0 Å². The Balaban J connectivity index is 1.89. The SMILES string of the molecule is CC1(C)CC(C(NN)c2cc3c(s2)CCC3)C(C)(C)O1. The first-order chi connectivity index (χ1) is 9.32. The van der Waals surface area contributed by atoms with Crippen LogP contribution in [0.1, 0.15) is 61.9 Å². The molecule has 1 aliphatic carbocycles. The number of ether oxygens (including phenoxy) is 1. The number of hydrazine groups is 1. The Kier molecular flexibility index (Phi) is 3.49. The van der Waals surface area contributed by atoms with E-state index in [1.165, 1.54) is 24.1 Å². The van der Waals surface area contributed by atoms with Gasteiger partial charge in [-0.15, -0.1) is 11.3 Å². The van der Waals surface area contributed by atoms with Gasteiger partial charge in [-0.3, -0.25) is 11.3 Å². The molecule has 0 aromatic carbocycles. The number of rotatable bonds is 3. The smallest absolute Gasteiger partial charge is 0.0681 e. The fourth-order valence-corrected chi connectivity index (χ4v) is 5.41. The molecule has 0 saturated carbocycles. The summed E-state index contributed by atoms with van der Waals surface area (Å²) < 4.78 is 6.24. The highest BCUT2D eigenvalue weighted by Gasteiger charge is 2.49. The summed E-state index contributed by atoms with van der Waals surface area (Å²) in [7, 11) is 0. The van der Waals surface area contributed by atoms with Crippen LogP contribution in [0.4, 0.5) is 0 Å². The summed E-state index contributed by atoms with van der Waals surface area (Å²) in [4.78, 5) is 2.95.